The fourth-order valence-corrected chi connectivity index (χ4v) is 2.18. The summed E-state index contributed by atoms with van der Waals surface area (Å²) in [5, 5.41) is 0. The molecular formula is C16H14O3. The molecule has 0 atom stereocenters. The Hall–Kier alpha value is -2.42. The van der Waals surface area contributed by atoms with Gasteiger partial charge in [0.25, 0.3) is 0 Å². The Kier molecular flexibility index (Phi) is 3.11. The van der Waals surface area contributed by atoms with E-state index in [-0.39, 0.29) is 6.79 Å². The van der Waals surface area contributed by atoms with Crippen molar-refractivity contribution in [2.24, 2.45) is 0 Å². The van der Waals surface area contributed by atoms with Gasteiger partial charge in [0.15, 0.2) is 0 Å². The van der Waals surface area contributed by atoms with E-state index < -0.39 is 0 Å². The van der Waals surface area contributed by atoms with Crippen LogP contribution in [-0.2, 0) is 4.74 Å². The summed E-state index contributed by atoms with van der Waals surface area (Å²) >= 11 is 0. The van der Waals surface area contributed by atoms with Crippen LogP contribution in [0.4, 0.5) is 0 Å². The second kappa shape index (κ2) is 5.06. The second-order valence-electron chi connectivity index (χ2n) is 4.17. The smallest absolute Gasteiger partial charge is 0.230 e. The third-order valence-electron chi connectivity index (χ3n) is 3.02. The number of hydrogen-bond donors (Lipinski definition) is 0. The van der Waals surface area contributed by atoms with Crippen LogP contribution in [0.2, 0.25) is 0 Å². The fraction of sp³-hybridized carbons (Fsp3) is 0.125. The van der Waals surface area contributed by atoms with Gasteiger partial charge in [-0.3, -0.25) is 0 Å². The molecule has 0 saturated carbocycles. The summed E-state index contributed by atoms with van der Waals surface area (Å²) in [6, 6.07) is 15.7. The van der Waals surface area contributed by atoms with Crippen molar-refractivity contribution in [1.29, 1.82) is 0 Å². The van der Waals surface area contributed by atoms with Crippen molar-refractivity contribution in [1.82, 2.24) is 0 Å². The first-order valence-corrected chi connectivity index (χ1v) is 6.07. The lowest BCUT2D eigenvalue weighted by Crippen LogP contribution is -2.11. The maximum atomic E-state index is 5.64. The van der Waals surface area contributed by atoms with Gasteiger partial charge in [0.1, 0.15) is 11.5 Å². The predicted octanol–water partition coefficient (Wildman–Crippen LogP) is 3.45. The van der Waals surface area contributed by atoms with E-state index in [4.69, 9.17) is 14.2 Å². The minimum absolute atomic E-state index is 0.203. The molecule has 3 rings (SSSR count). The van der Waals surface area contributed by atoms with Crippen molar-refractivity contribution in [2.75, 3.05) is 13.9 Å². The zero-order valence-corrected chi connectivity index (χ0v) is 10.6. The van der Waals surface area contributed by atoms with Gasteiger partial charge in [0.05, 0.1) is 13.4 Å². The Morgan fingerprint density at radius 1 is 0.895 bits per heavy atom. The summed E-state index contributed by atoms with van der Waals surface area (Å²) in [5.74, 6) is 1.58. The highest BCUT2D eigenvalue weighted by molar-refractivity contribution is 5.85. The van der Waals surface area contributed by atoms with Gasteiger partial charge < -0.3 is 14.2 Å². The predicted molar refractivity (Wildman–Crippen MR) is 73.1 cm³/mol. The lowest BCUT2D eigenvalue weighted by molar-refractivity contribution is 0.118. The van der Waals surface area contributed by atoms with E-state index in [1.54, 1.807) is 13.4 Å². The van der Waals surface area contributed by atoms with Crippen molar-refractivity contribution < 1.29 is 14.2 Å². The molecule has 19 heavy (non-hydrogen) atoms. The molecule has 0 aromatic heterocycles. The van der Waals surface area contributed by atoms with Crippen molar-refractivity contribution >= 4 is 5.57 Å². The number of rotatable bonds is 1. The van der Waals surface area contributed by atoms with Crippen molar-refractivity contribution in [3.05, 3.63) is 65.9 Å². The molecule has 0 radical (unpaired) electrons. The van der Waals surface area contributed by atoms with Crippen LogP contribution in [0.15, 0.2) is 54.8 Å². The topological polar surface area (TPSA) is 27.7 Å². The first-order valence-electron chi connectivity index (χ1n) is 6.07. The molecule has 0 N–H and O–H groups in total. The van der Waals surface area contributed by atoms with Gasteiger partial charge in [0, 0.05) is 16.7 Å². The van der Waals surface area contributed by atoms with Crippen molar-refractivity contribution in [3.8, 4) is 11.5 Å². The van der Waals surface area contributed by atoms with E-state index in [9.17, 15) is 0 Å². The van der Waals surface area contributed by atoms with E-state index in [1.165, 1.54) is 0 Å². The maximum absolute atomic E-state index is 5.64. The minimum atomic E-state index is 0.203. The van der Waals surface area contributed by atoms with Gasteiger partial charge in [-0.2, -0.15) is 0 Å². The number of ether oxygens (including phenoxy) is 3. The third-order valence-corrected chi connectivity index (χ3v) is 3.02. The summed E-state index contributed by atoms with van der Waals surface area (Å²) in [4.78, 5) is 0. The third kappa shape index (κ3) is 2.15. The Morgan fingerprint density at radius 2 is 1.42 bits per heavy atom. The molecule has 2 aromatic rings. The molecule has 1 aliphatic heterocycles. The summed E-state index contributed by atoms with van der Waals surface area (Å²) in [6.07, 6.45) is 1.72. The molecule has 1 heterocycles. The van der Waals surface area contributed by atoms with Crippen LogP contribution in [0.1, 0.15) is 11.1 Å². The summed E-state index contributed by atoms with van der Waals surface area (Å²) in [7, 11) is 1.64. The molecule has 96 valence electrons. The Bertz CT molecular complexity index is 567. The average Bonchev–Trinajstić information content (AvgIpc) is 2.44. The molecule has 0 spiro atoms. The SMILES string of the molecule is COC=C1c2ccccc2OCOc2ccccc21. The monoisotopic (exact) mass is 254 g/mol. The quantitative estimate of drug-likeness (QED) is 0.729. The molecule has 1 aliphatic rings. The number of para-hydroxylation sites is 2. The van der Waals surface area contributed by atoms with Gasteiger partial charge in [-0.15, -0.1) is 0 Å². The molecular weight excluding hydrogens is 240 g/mol. The van der Waals surface area contributed by atoms with Crippen molar-refractivity contribution in [2.45, 2.75) is 0 Å². The highest BCUT2D eigenvalue weighted by Gasteiger charge is 2.18. The number of fused-ring (bicyclic) bond motifs is 2. The molecule has 0 saturated heterocycles. The van der Waals surface area contributed by atoms with E-state index in [1.807, 2.05) is 48.5 Å². The standard InChI is InChI=1S/C16H14O3/c1-17-10-14-12-6-2-4-8-15(12)18-11-19-16-9-5-3-7-13(14)16/h2-10H,11H2,1H3. The number of methoxy groups -OCH3 is 1. The van der Waals surface area contributed by atoms with Gasteiger partial charge >= 0.3 is 0 Å². The lowest BCUT2D eigenvalue weighted by Gasteiger charge is -2.20. The second-order valence-corrected chi connectivity index (χ2v) is 4.17. The van der Waals surface area contributed by atoms with Gasteiger partial charge in [-0.1, -0.05) is 36.4 Å². The lowest BCUT2D eigenvalue weighted by atomic mass is 9.97. The normalized spacial score (nSPS) is 13.0. The zero-order valence-electron chi connectivity index (χ0n) is 10.6. The molecule has 0 fully saturated rings. The molecule has 3 heteroatoms. The molecule has 0 aliphatic carbocycles. The first-order chi connectivity index (χ1) is 9.40. The van der Waals surface area contributed by atoms with Crippen LogP contribution in [-0.4, -0.2) is 13.9 Å². The van der Waals surface area contributed by atoms with Gasteiger partial charge in [0.2, 0.25) is 6.79 Å². The van der Waals surface area contributed by atoms with Crippen LogP contribution in [0.25, 0.3) is 5.57 Å². The Morgan fingerprint density at radius 3 is 1.95 bits per heavy atom. The van der Waals surface area contributed by atoms with Gasteiger partial charge in [-0.05, 0) is 12.1 Å². The number of benzene rings is 2. The summed E-state index contributed by atoms with van der Waals surface area (Å²) in [6.45, 7) is 0.203. The van der Waals surface area contributed by atoms with Crippen LogP contribution >= 0.6 is 0 Å². The Balaban J connectivity index is 2.23. The van der Waals surface area contributed by atoms with Crippen LogP contribution in [0.3, 0.4) is 0 Å². The highest BCUT2D eigenvalue weighted by Crippen LogP contribution is 2.37. The zero-order chi connectivity index (χ0) is 13.1. The average molecular weight is 254 g/mol. The van der Waals surface area contributed by atoms with E-state index in [0.29, 0.717) is 0 Å². The summed E-state index contributed by atoms with van der Waals surface area (Å²) < 4.78 is 16.5. The number of hydrogen-bond acceptors (Lipinski definition) is 3. The van der Waals surface area contributed by atoms with Crippen LogP contribution in [0.5, 0.6) is 11.5 Å². The highest BCUT2D eigenvalue weighted by atomic mass is 16.7. The largest absolute Gasteiger partial charge is 0.504 e. The van der Waals surface area contributed by atoms with E-state index in [2.05, 4.69) is 0 Å². The van der Waals surface area contributed by atoms with Crippen LogP contribution in [0, 0.1) is 0 Å². The van der Waals surface area contributed by atoms with E-state index >= 15 is 0 Å². The maximum Gasteiger partial charge on any atom is 0.230 e. The Labute approximate surface area is 112 Å². The van der Waals surface area contributed by atoms with Crippen molar-refractivity contribution in [3.63, 3.8) is 0 Å². The molecule has 0 unspecified atom stereocenters. The first kappa shape index (κ1) is 11.7. The van der Waals surface area contributed by atoms with Gasteiger partial charge in [-0.25, -0.2) is 0 Å². The van der Waals surface area contributed by atoms with E-state index in [0.717, 1.165) is 28.2 Å². The molecule has 0 amide bonds. The molecule has 0 bridgehead atoms. The molecule has 3 nitrogen and oxygen atoms in total. The molecule has 2 aromatic carbocycles. The van der Waals surface area contributed by atoms with Crippen LogP contribution < -0.4 is 9.47 Å². The fourth-order valence-electron chi connectivity index (χ4n) is 2.18. The minimum Gasteiger partial charge on any atom is -0.504 e. The summed E-state index contributed by atoms with van der Waals surface area (Å²) in [5.41, 5.74) is 2.95.